The molecule has 0 aliphatic carbocycles. The molecule has 0 unspecified atom stereocenters. The number of ketones is 1. The van der Waals surface area contributed by atoms with Gasteiger partial charge in [-0.05, 0) is 49.2 Å². The highest BCUT2D eigenvalue weighted by molar-refractivity contribution is 5.97. The fraction of sp³-hybridized carbons (Fsp3) is 0.176. The molecule has 0 aromatic heterocycles. The standard InChI is InChI=1S/C17H15NO3/c1-11(19)14-4-2-3-5-16(14)21-13-7-8-15-12(10-13)6-9-17(20)18-15/h2-5,7-8,10H,6,9H2,1H3,(H,18,20). The Kier molecular flexibility index (Phi) is 3.44. The van der Waals surface area contributed by atoms with Crippen molar-refractivity contribution in [2.75, 3.05) is 5.32 Å². The smallest absolute Gasteiger partial charge is 0.224 e. The van der Waals surface area contributed by atoms with Gasteiger partial charge in [0.2, 0.25) is 5.91 Å². The predicted molar refractivity (Wildman–Crippen MR) is 79.9 cm³/mol. The van der Waals surface area contributed by atoms with Gasteiger partial charge in [-0.15, -0.1) is 0 Å². The minimum absolute atomic E-state index is 0.0316. The lowest BCUT2D eigenvalue weighted by Crippen LogP contribution is -2.18. The second kappa shape index (κ2) is 5.40. The summed E-state index contributed by atoms with van der Waals surface area (Å²) in [5.41, 5.74) is 2.44. The fourth-order valence-electron chi connectivity index (χ4n) is 2.40. The topological polar surface area (TPSA) is 55.4 Å². The Morgan fingerprint density at radius 3 is 2.76 bits per heavy atom. The third-order valence-corrected chi connectivity index (χ3v) is 3.47. The molecule has 2 aromatic carbocycles. The van der Waals surface area contributed by atoms with Crippen molar-refractivity contribution in [3.8, 4) is 11.5 Å². The lowest BCUT2D eigenvalue weighted by molar-refractivity contribution is -0.116. The molecule has 4 nitrogen and oxygen atoms in total. The molecule has 0 radical (unpaired) electrons. The Morgan fingerprint density at radius 1 is 1.14 bits per heavy atom. The van der Waals surface area contributed by atoms with Crippen LogP contribution in [0.25, 0.3) is 0 Å². The van der Waals surface area contributed by atoms with Crippen molar-refractivity contribution in [2.24, 2.45) is 0 Å². The third-order valence-electron chi connectivity index (χ3n) is 3.47. The maximum absolute atomic E-state index is 11.6. The zero-order valence-corrected chi connectivity index (χ0v) is 11.7. The molecule has 1 N–H and O–H groups in total. The van der Waals surface area contributed by atoms with Gasteiger partial charge in [-0.1, -0.05) is 12.1 Å². The highest BCUT2D eigenvalue weighted by atomic mass is 16.5. The van der Waals surface area contributed by atoms with Crippen molar-refractivity contribution < 1.29 is 14.3 Å². The Balaban J connectivity index is 1.89. The monoisotopic (exact) mass is 281 g/mol. The summed E-state index contributed by atoms with van der Waals surface area (Å²) in [6.45, 7) is 1.52. The van der Waals surface area contributed by atoms with Crippen LogP contribution in [0.3, 0.4) is 0 Å². The number of anilines is 1. The highest BCUT2D eigenvalue weighted by Crippen LogP contribution is 2.31. The molecule has 1 heterocycles. The number of carbonyl (C=O) groups is 2. The van der Waals surface area contributed by atoms with Gasteiger partial charge >= 0.3 is 0 Å². The minimum Gasteiger partial charge on any atom is -0.457 e. The Labute approximate surface area is 122 Å². The summed E-state index contributed by atoms with van der Waals surface area (Å²) >= 11 is 0. The van der Waals surface area contributed by atoms with Gasteiger partial charge in [0.25, 0.3) is 0 Å². The van der Waals surface area contributed by atoms with E-state index in [0.717, 1.165) is 11.3 Å². The molecule has 0 saturated carbocycles. The van der Waals surface area contributed by atoms with Crippen molar-refractivity contribution in [1.82, 2.24) is 0 Å². The number of fused-ring (bicyclic) bond motifs is 1. The number of rotatable bonds is 3. The van der Waals surface area contributed by atoms with Crippen LogP contribution in [0.15, 0.2) is 42.5 Å². The molecule has 106 valence electrons. The molecule has 0 spiro atoms. The van der Waals surface area contributed by atoms with Crippen LogP contribution in [0, 0.1) is 0 Å². The number of aryl methyl sites for hydroxylation is 1. The van der Waals surface area contributed by atoms with Crippen molar-refractivity contribution in [2.45, 2.75) is 19.8 Å². The number of ether oxygens (including phenoxy) is 1. The molecule has 1 amide bonds. The summed E-state index contributed by atoms with van der Waals surface area (Å²) in [7, 11) is 0. The first-order chi connectivity index (χ1) is 10.1. The van der Waals surface area contributed by atoms with E-state index in [9.17, 15) is 9.59 Å². The van der Waals surface area contributed by atoms with Crippen LogP contribution in [0.1, 0.15) is 29.3 Å². The first-order valence-corrected chi connectivity index (χ1v) is 6.84. The quantitative estimate of drug-likeness (QED) is 0.875. The molecule has 0 bridgehead atoms. The number of benzene rings is 2. The molecule has 2 aromatic rings. The van der Waals surface area contributed by atoms with E-state index in [1.807, 2.05) is 24.3 Å². The number of Topliss-reactive ketones (excluding diaryl/α,β-unsaturated/α-hetero) is 1. The number of nitrogens with one attached hydrogen (secondary N) is 1. The van der Waals surface area contributed by atoms with E-state index in [0.29, 0.717) is 29.9 Å². The predicted octanol–water partition coefficient (Wildman–Crippen LogP) is 3.57. The fourth-order valence-corrected chi connectivity index (χ4v) is 2.40. The second-order valence-corrected chi connectivity index (χ2v) is 5.02. The SMILES string of the molecule is CC(=O)c1ccccc1Oc1ccc2c(c1)CCC(=O)N2. The average molecular weight is 281 g/mol. The van der Waals surface area contributed by atoms with Crippen LogP contribution in [0.4, 0.5) is 5.69 Å². The van der Waals surface area contributed by atoms with E-state index in [-0.39, 0.29) is 11.7 Å². The summed E-state index contributed by atoms with van der Waals surface area (Å²) in [6, 6.07) is 12.7. The van der Waals surface area contributed by atoms with Gasteiger partial charge in [0.15, 0.2) is 5.78 Å². The van der Waals surface area contributed by atoms with E-state index in [2.05, 4.69) is 5.32 Å². The summed E-state index contributed by atoms with van der Waals surface area (Å²) in [5, 5.41) is 2.83. The molecule has 3 rings (SSSR count). The van der Waals surface area contributed by atoms with Gasteiger partial charge in [-0.3, -0.25) is 9.59 Å². The minimum atomic E-state index is -0.0316. The van der Waals surface area contributed by atoms with Crippen LogP contribution in [-0.4, -0.2) is 11.7 Å². The van der Waals surface area contributed by atoms with Gasteiger partial charge in [-0.25, -0.2) is 0 Å². The van der Waals surface area contributed by atoms with Gasteiger partial charge in [0, 0.05) is 12.1 Å². The van der Waals surface area contributed by atoms with E-state index < -0.39 is 0 Å². The number of amides is 1. The van der Waals surface area contributed by atoms with Crippen molar-refractivity contribution in [3.63, 3.8) is 0 Å². The summed E-state index contributed by atoms with van der Waals surface area (Å²) in [4.78, 5) is 22.9. The zero-order valence-electron chi connectivity index (χ0n) is 11.7. The van der Waals surface area contributed by atoms with Gasteiger partial charge in [0.1, 0.15) is 11.5 Å². The summed E-state index contributed by atoms with van der Waals surface area (Å²) in [5.74, 6) is 1.22. The molecular weight excluding hydrogens is 266 g/mol. The van der Waals surface area contributed by atoms with E-state index in [1.54, 1.807) is 18.2 Å². The molecule has 1 aliphatic heterocycles. The molecule has 0 atom stereocenters. The Morgan fingerprint density at radius 2 is 1.95 bits per heavy atom. The third kappa shape index (κ3) is 2.79. The van der Waals surface area contributed by atoms with Gasteiger partial charge in [-0.2, -0.15) is 0 Å². The van der Waals surface area contributed by atoms with Crippen LogP contribution in [0.2, 0.25) is 0 Å². The van der Waals surface area contributed by atoms with Crippen LogP contribution < -0.4 is 10.1 Å². The van der Waals surface area contributed by atoms with Crippen molar-refractivity contribution in [1.29, 1.82) is 0 Å². The highest BCUT2D eigenvalue weighted by Gasteiger charge is 2.16. The van der Waals surface area contributed by atoms with Crippen LogP contribution in [0.5, 0.6) is 11.5 Å². The molecule has 0 saturated heterocycles. The number of para-hydroxylation sites is 1. The average Bonchev–Trinajstić information content (AvgIpc) is 2.48. The lowest BCUT2D eigenvalue weighted by atomic mass is 10.0. The Bertz CT molecular complexity index is 722. The number of hydrogen-bond acceptors (Lipinski definition) is 3. The number of carbonyl (C=O) groups excluding carboxylic acids is 2. The summed E-state index contributed by atoms with van der Waals surface area (Å²) in [6.07, 6.45) is 1.19. The van der Waals surface area contributed by atoms with Crippen molar-refractivity contribution in [3.05, 3.63) is 53.6 Å². The molecule has 1 aliphatic rings. The first kappa shape index (κ1) is 13.4. The number of hydrogen-bond donors (Lipinski definition) is 1. The molecule has 0 fully saturated rings. The maximum atomic E-state index is 11.6. The van der Waals surface area contributed by atoms with E-state index in [1.165, 1.54) is 6.92 Å². The van der Waals surface area contributed by atoms with Gasteiger partial charge in [0.05, 0.1) is 5.56 Å². The first-order valence-electron chi connectivity index (χ1n) is 6.84. The molecule has 21 heavy (non-hydrogen) atoms. The van der Waals surface area contributed by atoms with Gasteiger partial charge < -0.3 is 10.1 Å². The largest absolute Gasteiger partial charge is 0.457 e. The summed E-state index contributed by atoms with van der Waals surface area (Å²) < 4.78 is 5.83. The molecular formula is C17H15NO3. The molecule has 4 heteroatoms. The zero-order chi connectivity index (χ0) is 14.8. The van der Waals surface area contributed by atoms with Crippen LogP contribution >= 0.6 is 0 Å². The van der Waals surface area contributed by atoms with Crippen LogP contribution in [-0.2, 0) is 11.2 Å². The van der Waals surface area contributed by atoms with E-state index >= 15 is 0 Å². The second-order valence-electron chi connectivity index (χ2n) is 5.02. The normalized spacial score (nSPS) is 13.3. The maximum Gasteiger partial charge on any atom is 0.224 e. The Hall–Kier alpha value is -2.62. The lowest BCUT2D eigenvalue weighted by Gasteiger charge is -2.18. The van der Waals surface area contributed by atoms with Crippen molar-refractivity contribution >= 4 is 17.4 Å². The van der Waals surface area contributed by atoms with E-state index in [4.69, 9.17) is 4.74 Å².